The Morgan fingerprint density at radius 3 is 2.30 bits per heavy atom. The van der Waals surface area contributed by atoms with Crippen LogP contribution in [0.4, 0.5) is 13.2 Å². The Hall–Kier alpha value is -0.670. The molecular weight excluding hydrogens is 143 g/mol. The SMILES string of the molecule is CN1C=C(C(F)(F)F)CC1. The van der Waals surface area contributed by atoms with Crippen molar-refractivity contribution >= 4 is 0 Å². The Kier molecular flexibility index (Phi) is 1.62. The van der Waals surface area contributed by atoms with Crippen molar-refractivity contribution < 1.29 is 13.2 Å². The largest absolute Gasteiger partial charge is 0.414 e. The van der Waals surface area contributed by atoms with Crippen LogP contribution in [0.3, 0.4) is 0 Å². The molecule has 0 unspecified atom stereocenters. The predicted octanol–water partition coefficient (Wildman–Crippen LogP) is 1.77. The molecule has 58 valence electrons. The Bertz CT molecular complexity index is 159. The Morgan fingerprint density at radius 2 is 2.10 bits per heavy atom. The average Bonchev–Trinajstić information content (AvgIpc) is 2.11. The Balaban J connectivity index is 2.67. The Morgan fingerprint density at radius 1 is 1.50 bits per heavy atom. The minimum absolute atomic E-state index is 0.125. The fourth-order valence-corrected chi connectivity index (χ4v) is 0.907. The van der Waals surface area contributed by atoms with Crippen LogP contribution in [-0.2, 0) is 0 Å². The summed E-state index contributed by atoms with van der Waals surface area (Å²) in [5.74, 6) is 0. The molecule has 0 saturated carbocycles. The second-order valence-corrected chi connectivity index (χ2v) is 2.38. The lowest BCUT2D eigenvalue weighted by atomic mass is 10.2. The third-order valence-electron chi connectivity index (χ3n) is 1.47. The molecule has 1 aliphatic rings. The summed E-state index contributed by atoms with van der Waals surface area (Å²) in [5, 5.41) is 0. The summed E-state index contributed by atoms with van der Waals surface area (Å²) in [4.78, 5) is 1.54. The standard InChI is InChI=1S/C6H8F3N/c1-10-3-2-5(4-10)6(7,8)9/h4H,2-3H2,1H3. The Labute approximate surface area is 57.1 Å². The van der Waals surface area contributed by atoms with Gasteiger partial charge in [0.25, 0.3) is 0 Å². The van der Waals surface area contributed by atoms with Gasteiger partial charge in [-0.2, -0.15) is 13.2 Å². The molecule has 0 N–H and O–H groups in total. The zero-order valence-electron chi connectivity index (χ0n) is 5.57. The molecule has 0 amide bonds. The zero-order valence-corrected chi connectivity index (χ0v) is 5.57. The highest BCUT2D eigenvalue weighted by molar-refractivity contribution is 5.12. The zero-order chi connectivity index (χ0) is 7.78. The number of hydrogen-bond acceptors (Lipinski definition) is 1. The van der Waals surface area contributed by atoms with Gasteiger partial charge in [-0.05, 0) is 6.42 Å². The van der Waals surface area contributed by atoms with Gasteiger partial charge in [0.2, 0.25) is 0 Å². The summed E-state index contributed by atoms with van der Waals surface area (Å²) in [6.07, 6.45) is -2.84. The van der Waals surface area contributed by atoms with Gasteiger partial charge in [0.1, 0.15) is 0 Å². The molecule has 1 aliphatic heterocycles. The number of halogens is 3. The van der Waals surface area contributed by atoms with E-state index < -0.39 is 11.7 Å². The summed E-state index contributed by atoms with van der Waals surface area (Å²) in [6, 6.07) is 0. The maximum Gasteiger partial charge on any atom is 0.414 e. The van der Waals surface area contributed by atoms with Crippen LogP contribution >= 0.6 is 0 Å². The van der Waals surface area contributed by atoms with Crippen molar-refractivity contribution in [2.45, 2.75) is 12.6 Å². The van der Waals surface area contributed by atoms with Crippen LogP contribution in [0.2, 0.25) is 0 Å². The maximum atomic E-state index is 11.8. The third kappa shape index (κ3) is 1.43. The first-order chi connectivity index (χ1) is 4.50. The highest BCUT2D eigenvalue weighted by Crippen LogP contribution is 2.31. The van der Waals surface area contributed by atoms with Crippen LogP contribution in [0.5, 0.6) is 0 Å². The van der Waals surface area contributed by atoms with E-state index in [1.807, 2.05) is 0 Å². The van der Waals surface area contributed by atoms with Crippen LogP contribution in [0.15, 0.2) is 11.8 Å². The van der Waals surface area contributed by atoms with Gasteiger partial charge in [-0.3, -0.25) is 0 Å². The van der Waals surface area contributed by atoms with Crippen LogP contribution in [-0.4, -0.2) is 24.7 Å². The van der Waals surface area contributed by atoms with Crippen LogP contribution in [0, 0.1) is 0 Å². The molecule has 0 fully saturated rings. The molecule has 1 nitrogen and oxygen atoms in total. The second-order valence-electron chi connectivity index (χ2n) is 2.38. The normalized spacial score (nSPS) is 19.6. The number of rotatable bonds is 0. The van der Waals surface area contributed by atoms with Crippen molar-refractivity contribution in [2.75, 3.05) is 13.6 Å². The summed E-state index contributed by atoms with van der Waals surface area (Å²) in [6.45, 7) is 0.481. The monoisotopic (exact) mass is 151 g/mol. The van der Waals surface area contributed by atoms with E-state index in [0.717, 1.165) is 6.20 Å². The molecule has 4 heteroatoms. The van der Waals surface area contributed by atoms with E-state index in [2.05, 4.69) is 0 Å². The van der Waals surface area contributed by atoms with Gasteiger partial charge < -0.3 is 4.90 Å². The fourth-order valence-electron chi connectivity index (χ4n) is 0.907. The van der Waals surface area contributed by atoms with E-state index in [4.69, 9.17) is 0 Å². The van der Waals surface area contributed by atoms with Gasteiger partial charge in [0, 0.05) is 19.8 Å². The van der Waals surface area contributed by atoms with E-state index in [1.54, 1.807) is 11.9 Å². The van der Waals surface area contributed by atoms with Crippen molar-refractivity contribution in [1.82, 2.24) is 4.90 Å². The number of alkyl halides is 3. The minimum Gasteiger partial charge on any atom is -0.380 e. The molecule has 10 heavy (non-hydrogen) atoms. The molecule has 0 aromatic carbocycles. The van der Waals surface area contributed by atoms with Crippen molar-refractivity contribution in [1.29, 1.82) is 0 Å². The lowest BCUT2D eigenvalue weighted by Crippen LogP contribution is -2.09. The van der Waals surface area contributed by atoms with Crippen molar-refractivity contribution in [3.8, 4) is 0 Å². The average molecular weight is 151 g/mol. The minimum atomic E-state index is -4.12. The molecule has 0 aromatic rings. The summed E-state index contributed by atoms with van der Waals surface area (Å²) in [5.41, 5.74) is -0.421. The number of hydrogen-bond donors (Lipinski definition) is 0. The van der Waals surface area contributed by atoms with Crippen LogP contribution in [0.25, 0.3) is 0 Å². The molecule has 0 aliphatic carbocycles. The highest BCUT2D eigenvalue weighted by atomic mass is 19.4. The van der Waals surface area contributed by atoms with Crippen molar-refractivity contribution in [3.63, 3.8) is 0 Å². The molecule has 0 aromatic heterocycles. The van der Waals surface area contributed by atoms with Gasteiger partial charge in [0.05, 0.1) is 5.57 Å². The van der Waals surface area contributed by atoms with E-state index in [9.17, 15) is 13.2 Å². The second kappa shape index (κ2) is 2.18. The first-order valence-electron chi connectivity index (χ1n) is 2.98. The summed E-state index contributed by atoms with van der Waals surface area (Å²) < 4.78 is 35.5. The first kappa shape index (κ1) is 7.44. The molecule has 0 spiro atoms. The van der Waals surface area contributed by atoms with E-state index in [-0.39, 0.29) is 6.42 Å². The third-order valence-corrected chi connectivity index (χ3v) is 1.47. The fraction of sp³-hybridized carbons (Fsp3) is 0.667. The van der Waals surface area contributed by atoms with Gasteiger partial charge in [0.15, 0.2) is 0 Å². The summed E-state index contributed by atoms with van der Waals surface area (Å²) >= 11 is 0. The quantitative estimate of drug-likeness (QED) is 0.510. The van der Waals surface area contributed by atoms with E-state index in [0.29, 0.717) is 6.54 Å². The van der Waals surface area contributed by atoms with E-state index >= 15 is 0 Å². The summed E-state index contributed by atoms with van der Waals surface area (Å²) in [7, 11) is 1.64. The number of nitrogens with zero attached hydrogens (tertiary/aromatic N) is 1. The molecule has 1 rings (SSSR count). The van der Waals surface area contributed by atoms with Gasteiger partial charge in [-0.25, -0.2) is 0 Å². The lowest BCUT2D eigenvalue weighted by Gasteiger charge is -2.04. The van der Waals surface area contributed by atoms with Gasteiger partial charge in [-0.1, -0.05) is 0 Å². The first-order valence-corrected chi connectivity index (χ1v) is 2.98. The van der Waals surface area contributed by atoms with Gasteiger partial charge >= 0.3 is 6.18 Å². The molecular formula is C6H8F3N. The highest BCUT2D eigenvalue weighted by Gasteiger charge is 2.35. The van der Waals surface area contributed by atoms with Crippen molar-refractivity contribution in [2.24, 2.45) is 0 Å². The maximum absolute atomic E-state index is 11.8. The molecule has 0 bridgehead atoms. The molecule has 0 saturated heterocycles. The lowest BCUT2D eigenvalue weighted by molar-refractivity contribution is -0.0929. The van der Waals surface area contributed by atoms with Crippen LogP contribution < -0.4 is 0 Å². The van der Waals surface area contributed by atoms with Gasteiger partial charge in [-0.15, -0.1) is 0 Å². The van der Waals surface area contributed by atoms with Crippen molar-refractivity contribution in [3.05, 3.63) is 11.8 Å². The van der Waals surface area contributed by atoms with E-state index in [1.165, 1.54) is 0 Å². The predicted molar refractivity (Wildman–Crippen MR) is 31.4 cm³/mol. The topological polar surface area (TPSA) is 3.24 Å². The molecule has 0 atom stereocenters. The smallest absolute Gasteiger partial charge is 0.380 e. The molecule has 1 heterocycles. The molecule has 0 radical (unpaired) electrons. The van der Waals surface area contributed by atoms with Crippen LogP contribution in [0.1, 0.15) is 6.42 Å².